The van der Waals surface area contributed by atoms with Crippen molar-refractivity contribution in [1.29, 1.82) is 0 Å². The molecule has 1 saturated heterocycles. The first-order valence-electron chi connectivity index (χ1n) is 8.21. The SMILES string of the molecule is CCNCC1CCN(C(=O)C(C)(C)c2ccc(Cl)cc2)CC1. The van der Waals surface area contributed by atoms with E-state index in [0.717, 1.165) is 44.6 Å². The normalized spacial score (nSPS) is 16.8. The zero-order chi connectivity index (χ0) is 16.2. The third-order valence-corrected chi connectivity index (χ3v) is 4.94. The molecule has 1 aromatic carbocycles. The Morgan fingerprint density at radius 2 is 1.86 bits per heavy atom. The van der Waals surface area contributed by atoms with Crippen LogP contribution in [0.25, 0.3) is 0 Å². The smallest absolute Gasteiger partial charge is 0.232 e. The molecule has 1 N–H and O–H groups in total. The van der Waals surface area contributed by atoms with Crippen molar-refractivity contribution >= 4 is 17.5 Å². The molecule has 1 aliphatic heterocycles. The van der Waals surface area contributed by atoms with E-state index in [1.807, 2.05) is 43.0 Å². The Labute approximate surface area is 139 Å². The molecule has 0 bridgehead atoms. The van der Waals surface area contributed by atoms with Gasteiger partial charge in [0.15, 0.2) is 0 Å². The molecule has 3 nitrogen and oxygen atoms in total. The van der Waals surface area contributed by atoms with Gasteiger partial charge in [0.1, 0.15) is 0 Å². The van der Waals surface area contributed by atoms with E-state index < -0.39 is 5.41 Å². The summed E-state index contributed by atoms with van der Waals surface area (Å²) in [7, 11) is 0. The first-order valence-corrected chi connectivity index (χ1v) is 8.59. The van der Waals surface area contributed by atoms with Gasteiger partial charge in [0.25, 0.3) is 0 Å². The molecule has 4 heteroatoms. The average Bonchev–Trinajstić information content (AvgIpc) is 2.53. The first-order chi connectivity index (χ1) is 10.4. The number of amides is 1. The van der Waals surface area contributed by atoms with Crippen molar-refractivity contribution in [3.63, 3.8) is 0 Å². The molecular weight excluding hydrogens is 296 g/mol. The van der Waals surface area contributed by atoms with Gasteiger partial charge < -0.3 is 10.2 Å². The minimum absolute atomic E-state index is 0.219. The number of carbonyl (C=O) groups is 1. The lowest BCUT2D eigenvalue weighted by Gasteiger charge is -2.37. The molecule has 0 unspecified atom stereocenters. The van der Waals surface area contributed by atoms with Crippen LogP contribution in [-0.2, 0) is 10.2 Å². The van der Waals surface area contributed by atoms with Gasteiger partial charge >= 0.3 is 0 Å². The maximum Gasteiger partial charge on any atom is 0.232 e. The second kappa shape index (κ2) is 7.47. The number of hydrogen-bond acceptors (Lipinski definition) is 2. The van der Waals surface area contributed by atoms with Crippen molar-refractivity contribution in [2.45, 2.75) is 39.0 Å². The number of piperidine rings is 1. The van der Waals surface area contributed by atoms with E-state index in [2.05, 4.69) is 12.2 Å². The highest BCUT2D eigenvalue weighted by Gasteiger charge is 2.35. The summed E-state index contributed by atoms with van der Waals surface area (Å²) in [5.41, 5.74) is 0.524. The number of halogens is 1. The van der Waals surface area contributed by atoms with Gasteiger partial charge in [-0.1, -0.05) is 30.7 Å². The van der Waals surface area contributed by atoms with Gasteiger partial charge in [-0.05, 0) is 63.4 Å². The standard InChI is InChI=1S/C18H27ClN2O/c1-4-20-13-14-9-11-21(12-10-14)17(22)18(2,3)15-5-7-16(19)8-6-15/h5-8,14,20H,4,9-13H2,1-3H3. The minimum atomic E-state index is -0.501. The Bertz CT molecular complexity index is 490. The zero-order valence-corrected chi connectivity index (χ0v) is 14.6. The molecule has 0 spiro atoms. The van der Waals surface area contributed by atoms with Crippen LogP contribution in [0, 0.1) is 5.92 Å². The van der Waals surface area contributed by atoms with Gasteiger partial charge in [-0.2, -0.15) is 0 Å². The molecule has 122 valence electrons. The molecule has 1 aromatic rings. The van der Waals surface area contributed by atoms with E-state index in [-0.39, 0.29) is 5.91 Å². The fraction of sp³-hybridized carbons (Fsp3) is 0.611. The lowest BCUT2D eigenvalue weighted by atomic mass is 9.82. The summed E-state index contributed by atoms with van der Waals surface area (Å²) in [6, 6.07) is 7.62. The van der Waals surface area contributed by atoms with Crippen LogP contribution >= 0.6 is 11.6 Å². The highest BCUT2D eigenvalue weighted by molar-refractivity contribution is 6.30. The van der Waals surface area contributed by atoms with E-state index in [4.69, 9.17) is 11.6 Å². The highest BCUT2D eigenvalue weighted by atomic mass is 35.5. The number of benzene rings is 1. The topological polar surface area (TPSA) is 32.3 Å². The van der Waals surface area contributed by atoms with Crippen LogP contribution in [0.15, 0.2) is 24.3 Å². The third kappa shape index (κ3) is 4.02. The lowest BCUT2D eigenvalue weighted by Crippen LogP contribution is -2.47. The number of nitrogens with zero attached hydrogens (tertiary/aromatic N) is 1. The summed E-state index contributed by atoms with van der Waals surface area (Å²) in [6.45, 7) is 9.96. The fourth-order valence-electron chi connectivity index (χ4n) is 3.07. The average molecular weight is 323 g/mol. The van der Waals surface area contributed by atoms with Gasteiger partial charge in [0.2, 0.25) is 5.91 Å². The van der Waals surface area contributed by atoms with Gasteiger partial charge in [-0.3, -0.25) is 4.79 Å². The summed E-state index contributed by atoms with van der Waals surface area (Å²) in [6.07, 6.45) is 2.19. The minimum Gasteiger partial charge on any atom is -0.342 e. The van der Waals surface area contributed by atoms with Crippen LogP contribution < -0.4 is 5.32 Å². The zero-order valence-electron chi connectivity index (χ0n) is 13.9. The van der Waals surface area contributed by atoms with Crippen molar-refractivity contribution < 1.29 is 4.79 Å². The molecular formula is C18H27ClN2O. The molecule has 1 fully saturated rings. The van der Waals surface area contributed by atoms with Crippen LogP contribution in [0.3, 0.4) is 0 Å². The summed E-state index contributed by atoms with van der Waals surface area (Å²) in [5.74, 6) is 0.916. The van der Waals surface area contributed by atoms with Crippen LogP contribution in [-0.4, -0.2) is 37.0 Å². The van der Waals surface area contributed by atoms with E-state index in [1.165, 1.54) is 0 Å². The Morgan fingerprint density at radius 1 is 1.27 bits per heavy atom. The van der Waals surface area contributed by atoms with Crippen molar-refractivity contribution in [3.05, 3.63) is 34.9 Å². The Balaban J connectivity index is 1.98. The van der Waals surface area contributed by atoms with Gasteiger partial charge in [-0.25, -0.2) is 0 Å². The second-order valence-corrected chi connectivity index (χ2v) is 7.11. The number of hydrogen-bond donors (Lipinski definition) is 1. The maximum absolute atomic E-state index is 12.9. The molecule has 22 heavy (non-hydrogen) atoms. The van der Waals surface area contributed by atoms with Crippen molar-refractivity contribution in [2.75, 3.05) is 26.2 Å². The molecule has 0 aromatic heterocycles. The Hall–Kier alpha value is -1.06. The molecule has 1 amide bonds. The molecule has 1 heterocycles. The molecule has 1 aliphatic rings. The van der Waals surface area contributed by atoms with Crippen molar-refractivity contribution in [3.8, 4) is 0 Å². The van der Waals surface area contributed by atoms with Gasteiger partial charge in [0, 0.05) is 18.1 Å². The molecule has 0 atom stereocenters. The second-order valence-electron chi connectivity index (χ2n) is 6.68. The number of carbonyl (C=O) groups excluding carboxylic acids is 1. The quantitative estimate of drug-likeness (QED) is 0.900. The van der Waals surface area contributed by atoms with Crippen molar-refractivity contribution in [1.82, 2.24) is 10.2 Å². The van der Waals surface area contributed by atoms with E-state index in [0.29, 0.717) is 10.9 Å². The summed E-state index contributed by atoms with van der Waals surface area (Å²) >= 11 is 5.95. The summed E-state index contributed by atoms with van der Waals surface area (Å²) in [4.78, 5) is 14.9. The molecule has 0 saturated carbocycles. The third-order valence-electron chi connectivity index (χ3n) is 4.69. The van der Waals surface area contributed by atoms with E-state index in [1.54, 1.807) is 0 Å². The maximum atomic E-state index is 12.9. The van der Waals surface area contributed by atoms with Crippen LogP contribution in [0.5, 0.6) is 0 Å². The monoisotopic (exact) mass is 322 g/mol. The summed E-state index contributed by atoms with van der Waals surface area (Å²) in [5, 5.41) is 4.11. The predicted molar refractivity (Wildman–Crippen MR) is 92.3 cm³/mol. The Kier molecular flexibility index (Phi) is 5.87. The summed E-state index contributed by atoms with van der Waals surface area (Å²) < 4.78 is 0. The number of nitrogens with one attached hydrogen (secondary N) is 1. The number of likely N-dealkylation sites (tertiary alicyclic amines) is 1. The van der Waals surface area contributed by atoms with Crippen LogP contribution in [0.4, 0.5) is 0 Å². The van der Waals surface area contributed by atoms with Crippen LogP contribution in [0.1, 0.15) is 39.2 Å². The van der Waals surface area contributed by atoms with E-state index in [9.17, 15) is 4.79 Å². The van der Waals surface area contributed by atoms with Crippen molar-refractivity contribution in [2.24, 2.45) is 5.92 Å². The Morgan fingerprint density at radius 3 is 2.41 bits per heavy atom. The number of rotatable bonds is 5. The largest absolute Gasteiger partial charge is 0.342 e. The molecule has 0 aliphatic carbocycles. The molecule has 0 radical (unpaired) electrons. The van der Waals surface area contributed by atoms with Gasteiger partial charge in [-0.15, -0.1) is 0 Å². The lowest BCUT2D eigenvalue weighted by molar-refractivity contribution is -0.137. The highest BCUT2D eigenvalue weighted by Crippen LogP contribution is 2.29. The van der Waals surface area contributed by atoms with Gasteiger partial charge in [0.05, 0.1) is 5.41 Å². The fourth-order valence-corrected chi connectivity index (χ4v) is 3.20. The molecule has 2 rings (SSSR count). The van der Waals surface area contributed by atoms with Crippen LogP contribution in [0.2, 0.25) is 5.02 Å². The first kappa shape index (κ1) is 17.3. The predicted octanol–water partition coefficient (Wildman–Crippen LogP) is 3.47. The van der Waals surface area contributed by atoms with E-state index >= 15 is 0 Å².